The fourth-order valence-corrected chi connectivity index (χ4v) is 3.95. The highest BCUT2D eigenvalue weighted by Gasteiger charge is 2.80. The van der Waals surface area contributed by atoms with Gasteiger partial charge in [0.1, 0.15) is 5.41 Å². The van der Waals surface area contributed by atoms with E-state index < -0.39 is 23.7 Å². The number of halogens is 2. The minimum absolute atomic E-state index is 0.250. The molecule has 3 aliphatic rings. The summed E-state index contributed by atoms with van der Waals surface area (Å²) >= 11 is 0. The van der Waals surface area contributed by atoms with Gasteiger partial charge in [-0.2, -0.15) is 0 Å². The summed E-state index contributed by atoms with van der Waals surface area (Å²) in [6.45, 7) is 0. The van der Waals surface area contributed by atoms with E-state index in [1.54, 1.807) is 0 Å². The number of carboxylic acids is 1. The van der Waals surface area contributed by atoms with Gasteiger partial charge in [0.2, 0.25) is 0 Å². The zero-order valence-corrected chi connectivity index (χ0v) is 8.38. The van der Waals surface area contributed by atoms with E-state index in [1.807, 2.05) is 0 Å². The highest BCUT2D eigenvalue weighted by Crippen LogP contribution is 2.71. The molecular formula is C11H14F2O2. The van der Waals surface area contributed by atoms with Crippen molar-refractivity contribution in [1.82, 2.24) is 0 Å². The molecule has 3 rings (SSSR count). The molecule has 2 bridgehead atoms. The van der Waals surface area contributed by atoms with Crippen molar-refractivity contribution in [1.29, 1.82) is 0 Å². The molecule has 4 atom stereocenters. The summed E-state index contributed by atoms with van der Waals surface area (Å²) in [5.74, 6) is -3.71. The molecule has 0 aromatic rings. The van der Waals surface area contributed by atoms with Crippen LogP contribution in [0.1, 0.15) is 32.1 Å². The fraction of sp³-hybridized carbons (Fsp3) is 0.909. The Kier molecular flexibility index (Phi) is 1.61. The van der Waals surface area contributed by atoms with Crippen molar-refractivity contribution < 1.29 is 18.7 Å². The fourth-order valence-electron chi connectivity index (χ4n) is 3.95. The summed E-state index contributed by atoms with van der Waals surface area (Å²) in [7, 11) is 0. The van der Waals surface area contributed by atoms with Crippen molar-refractivity contribution in [3.05, 3.63) is 0 Å². The summed E-state index contributed by atoms with van der Waals surface area (Å²) < 4.78 is 26.6. The van der Waals surface area contributed by atoms with Crippen LogP contribution in [0.15, 0.2) is 0 Å². The standard InChI is InChI=1S/C11H14F2O2/c12-11(13)5-10(11,9(14)15)8-4-6-1-2-7(8)3-6/h6-8H,1-5H2,(H,14,15). The van der Waals surface area contributed by atoms with Crippen LogP contribution < -0.4 is 0 Å². The van der Waals surface area contributed by atoms with Crippen molar-refractivity contribution in [2.75, 3.05) is 0 Å². The lowest BCUT2D eigenvalue weighted by molar-refractivity contribution is -0.152. The SMILES string of the molecule is O=C(O)C1(C2CC3CCC2C3)CC1(F)F. The summed E-state index contributed by atoms with van der Waals surface area (Å²) in [6.07, 6.45) is 3.34. The number of aliphatic carboxylic acids is 1. The van der Waals surface area contributed by atoms with E-state index in [-0.39, 0.29) is 11.8 Å². The third kappa shape index (κ3) is 1.00. The molecule has 84 valence electrons. The number of fused-ring (bicyclic) bond motifs is 2. The van der Waals surface area contributed by atoms with Crippen molar-refractivity contribution in [3.8, 4) is 0 Å². The van der Waals surface area contributed by atoms with Crippen molar-refractivity contribution in [2.45, 2.75) is 38.0 Å². The third-order valence-corrected chi connectivity index (χ3v) is 4.78. The van der Waals surface area contributed by atoms with Crippen LogP contribution in [0.5, 0.6) is 0 Å². The molecule has 15 heavy (non-hydrogen) atoms. The van der Waals surface area contributed by atoms with Crippen molar-refractivity contribution >= 4 is 5.97 Å². The number of alkyl halides is 2. The molecule has 4 unspecified atom stereocenters. The van der Waals surface area contributed by atoms with Crippen LogP contribution in [0, 0.1) is 23.2 Å². The molecule has 2 nitrogen and oxygen atoms in total. The Morgan fingerprint density at radius 1 is 1.27 bits per heavy atom. The molecule has 3 saturated carbocycles. The van der Waals surface area contributed by atoms with Gasteiger partial charge in [0.05, 0.1) is 0 Å². The lowest BCUT2D eigenvalue weighted by Gasteiger charge is -2.27. The van der Waals surface area contributed by atoms with E-state index in [0.717, 1.165) is 19.3 Å². The Bertz CT molecular complexity index is 329. The van der Waals surface area contributed by atoms with Gasteiger partial charge in [-0.25, -0.2) is 8.78 Å². The number of rotatable bonds is 2. The summed E-state index contributed by atoms with van der Waals surface area (Å²) in [4.78, 5) is 11.1. The molecule has 0 amide bonds. The summed E-state index contributed by atoms with van der Waals surface area (Å²) in [5, 5.41) is 9.05. The van der Waals surface area contributed by atoms with Crippen LogP contribution in [0.3, 0.4) is 0 Å². The van der Waals surface area contributed by atoms with Gasteiger partial charge in [0, 0.05) is 6.42 Å². The van der Waals surface area contributed by atoms with E-state index in [2.05, 4.69) is 0 Å². The Balaban J connectivity index is 1.90. The van der Waals surface area contributed by atoms with Crippen LogP contribution in [0.4, 0.5) is 8.78 Å². The number of carboxylic acid groups (broad SMARTS) is 1. The van der Waals surface area contributed by atoms with Gasteiger partial charge in [-0.1, -0.05) is 6.42 Å². The lowest BCUT2D eigenvalue weighted by Crippen LogP contribution is -2.34. The van der Waals surface area contributed by atoms with Gasteiger partial charge < -0.3 is 5.11 Å². The van der Waals surface area contributed by atoms with Gasteiger partial charge in [-0.15, -0.1) is 0 Å². The van der Waals surface area contributed by atoms with Gasteiger partial charge in [0.15, 0.2) is 0 Å². The predicted octanol–water partition coefficient (Wildman–Crippen LogP) is 2.53. The largest absolute Gasteiger partial charge is 0.481 e. The Morgan fingerprint density at radius 3 is 2.27 bits per heavy atom. The predicted molar refractivity (Wildman–Crippen MR) is 48.6 cm³/mol. The number of carbonyl (C=O) groups is 1. The molecule has 0 aromatic carbocycles. The third-order valence-electron chi connectivity index (χ3n) is 4.78. The Labute approximate surface area is 86.7 Å². The minimum atomic E-state index is -2.95. The maximum atomic E-state index is 13.3. The quantitative estimate of drug-likeness (QED) is 0.770. The average Bonchev–Trinajstić information content (AvgIpc) is 2.58. The molecule has 3 aliphatic carbocycles. The molecule has 0 aromatic heterocycles. The Hall–Kier alpha value is -0.670. The van der Waals surface area contributed by atoms with Gasteiger partial charge in [0.25, 0.3) is 5.92 Å². The first-order chi connectivity index (χ1) is 6.97. The van der Waals surface area contributed by atoms with E-state index in [4.69, 9.17) is 5.11 Å². The molecule has 0 spiro atoms. The van der Waals surface area contributed by atoms with E-state index in [9.17, 15) is 13.6 Å². The topological polar surface area (TPSA) is 37.3 Å². The zero-order chi connectivity index (χ0) is 10.8. The second-order valence-corrected chi connectivity index (χ2v) is 5.44. The minimum Gasteiger partial charge on any atom is -0.481 e. The van der Waals surface area contributed by atoms with Gasteiger partial charge >= 0.3 is 5.97 Å². The molecule has 0 heterocycles. The van der Waals surface area contributed by atoms with Crippen LogP contribution in [0.2, 0.25) is 0 Å². The summed E-state index contributed by atoms with van der Waals surface area (Å²) in [6, 6.07) is 0. The first-order valence-electron chi connectivity index (χ1n) is 5.58. The number of hydrogen-bond acceptors (Lipinski definition) is 1. The summed E-state index contributed by atoms with van der Waals surface area (Å²) in [5.41, 5.74) is -1.69. The lowest BCUT2D eigenvalue weighted by atomic mass is 9.76. The maximum Gasteiger partial charge on any atom is 0.316 e. The van der Waals surface area contributed by atoms with Gasteiger partial charge in [-0.05, 0) is 37.0 Å². The van der Waals surface area contributed by atoms with Crippen molar-refractivity contribution in [2.24, 2.45) is 23.2 Å². The molecule has 0 saturated heterocycles. The first-order valence-corrected chi connectivity index (χ1v) is 5.58. The second-order valence-electron chi connectivity index (χ2n) is 5.44. The molecular weight excluding hydrogens is 202 g/mol. The zero-order valence-electron chi connectivity index (χ0n) is 8.38. The molecule has 3 fully saturated rings. The van der Waals surface area contributed by atoms with E-state index in [0.29, 0.717) is 12.3 Å². The smallest absolute Gasteiger partial charge is 0.316 e. The number of hydrogen-bond donors (Lipinski definition) is 1. The van der Waals surface area contributed by atoms with E-state index >= 15 is 0 Å². The average molecular weight is 216 g/mol. The van der Waals surface area contributed by atoms with E-state index in [1.165, 1.54) is 0 Å². The molecule has 1 N–H and O–H groups in total. The first kappa shape index (κ1) is 9.55. The monoisotopic (exact) mass is 216 g/mol. The van der Waals surface area contributed by atoms with Gasteiger partial charge in [-0.3, -0.25) is 4.79 Å². The molecule has 0 aliphatic heterocycles. The van der Waals surface area contributed by atoms with Crippen LogP contribution in [-0.4, -0.2) is 17.0 Å². The normalized spacial score (nSPS) is 50.7. The van der Waals surface area contributed by atoms with Crippen LogP contribution >= 0.6 is 0 Å². The van der Waals surface area contributed by atoms with Crippen molar-refractivity contribution in [3.63, 3.8) is 0 Å². The Morgan fingerprint density at radius 2 is 1.93 bits per heavy atom. The van der Waals surface area contributed by atoms with Crippen LogP contribution in [0.25, 0.3) is 0 Å². The highest BCUT2D eigenvalue weighted by atomic mass is 19.3. The highest BCUT2D eigenvalue weighted by molar-refractivity contribution is 5.81. The second kappa shape index (κ2) is 2.53. The van der Waals surface area contributed by atoms with Crippen LogP contribution in [-0.2, 0) is 4.79 Å². The maximum absolute atomic E-state index is 13.3. The molecule has 4 heteroatoms. The molecule has 0 radical (unpaired) electrons.